The number of amides is 2. The van der Waals surface area contributed by atoms with Crippen molar-refractivity contribution in [3.8, 4) is 0 Å². The molecule has 2 aliphatic rings. The molecule has 0 saturated carbocycles. The molecule has 6 nitrogen and oxygen atoms in total. The second kappa shape index (κ2) is 9.71. The lowest BCUT2D eigenvalue weighted by atomic mass is 9.90. The minimum absolute atomic E-state index is 0. The number of aliphatic hydroxyl groups is 1. The van der Waals surface area contributed by atoms with Crippen LogP contribution in [0.1, 0.15) is 44.7 Å². The van der Waals surface area contributed by atoms with E-state index in [9.17, 15) is 14.7 Å². The number of aryl methyl sites for hydroxylation is 2. The van der Waals surface area contributed by atoms with Crippen LogP contribution in [0.3, 0.4) is 0 Å². The number of carbonyl (C=O) groups excluding carboxylic acids is 2. The van der Waals surface area contributed by atoms with Crippen LogP contribution in [0, 0.1) is 5.92 Å². The molecular weight excluding hydrogens is 410 g/mol. The van der Waals surface area contributed by atoms with Crippen LogP contribution >= 0.6 is 23.7 Å². The summed E-state index contributed by atoms with van der Waals surface area (Å²) in [6.07, 6.45) is 4.03. The predicted molar refractivity (Wildman–Crippen MR) is 117 cm³/mol. The van der Waals surface area contributed by atoms with Gasteiger partial charge in [0.2, 0.25) is 0 Å². The molecule has 4 rings (SSSR count). The fraction of sp³-hybridized carbons (Fsp3) is 0.429. The molecule has 2 amide bonds. The Labute approximate surface area is 180 Å². The van der Waals surface area contributed by atoms with Gasteiger partial charge >= 0.3 is 0 Å². The van der Waals surface area contributed by atoms with E-state index >= 15 is 0 Å². The van der Waals surface area contributed by atoms with E-state index < -0.39 is 6.10 Å². The van der Waals surface area contributed by atoms with Crippen molar-refractivity contribution in [1.29, 1.82) is 0 Å². The Balaban J connectivity index is 0.00000240. The number of halogens is 1. The third-order valence-corrected chi connectivity index (χ3v) is 6.41. The number of anilines is 1. The average Bonchev–Trinajstić information content (AvgIpc) is 3.34. The molecule has 1 saturated heterocycles. The van der Waals surface area contributed by atoms with Crippen LogP contribution in [-0.4, -0.2) is 42.7 Å². The highest BCUT2D eigenvalue weighted by molar-refractivity contribution is 7.14. The predicted octanol–water partition coefficient (Wildman–Crippen LogP) is 2.61. The van der Waals surface area contributed by atoms with Crippen molar-refractivity contribution in [2.75, 3.05) is 25.0 Å². The Morgan fingerprint density at radius 1 is 1.10 bits per heavy atom. The summed E-state index contributed by atoms with van der Waals surface area (Å²) in [5, 5.41) is 21.0. The van der Waals surface area contributed by atoms with Crippen molar-refractivity contribution < 1.29 is 14.7 Å². The van der Waals surface area contributed by atoms with Crippen molar-refractivity contribution in [3.05, 3.63) is 51.9 Å². The van der Waals surface area contributed by atoms with Crippen LogP contribution in [0.25, 0.3) is 0 Å². The van der Waals surface area contributed by atoms with E-state index in [-0.39, 0.29) is 30.1 Å². The summed E-state index contributed by atoms with van der Waals surface area (Å²) in [6.45, 7) is 1.65. The molecule has 156 valence electrons. The number of nitrogens with one attached hydrogen (secondary N) is 3. The van der Waals surface area contributed by atoms with Crippen molar-refractivity contribution in [2.45, 2.75) is 31.8 Å². The Morgan fingerprint density at radius 2 is 1.90 bits per heavy atom. The zero-order valence-corrected chi connectivity index (χ0v) is 17.7. The van der Waals surface area contributed by atoms with Crippen molar-refractivity contribution in [3.63, 3.8) is 0 Å². The molecule has 1 aliphatic heterocycles. The van der Waals surface area contributed by atoms with Gasteiger partial charge in [-0.2, -0.15) is 0 Å². The molecule has 0 bridgehead atoms. The minimum Gasteiger partial charge on any atom is -0.391 e. The molecule has 2 unspecified atom stereocenters. The van der Waals surface area contributed by atoms with Crippen molar-refractivity contribution in [2.24, 2.45) is 5.92 Å². The molecule has 2 atom stereocenters. The van der Waals surface area contributed by atoms with E-state index in [0.717, 1.165) is 12.8 Å². The number of fused-ring (bicyclic) bond motifs is 1. The van der Waals surface area contributed by atoms with Gasteiger partial charge in [-0.3, -0.25) is 9.59 Å². The molecule has 1 aromatic heterocycles. The lowest BCUT2D eigenvalue weighted by molar-refractivity contribution is 0.0928. The van der Waals surface area contributed by atoms with Gasteiger partial charge in [0.05, 0.1) is 11.7 Å². The van der Waals surface area contributed by atoms with Crippen LogP contribution in [-0.2, 0) is 12.8 Å². The van der Waals surface area contributed by atoms with Gasteiger partial charge in [0.25, 0.3) is 11.8 Å². The standard InChI is InChI=1S/C21H25N3O3S.ClH/c25-18-12-22-10-16(18)11-23-20(27)17-7-8-28-21(17)24-19(26)15-6-5-13-3-1-2-4-14(13)9-15;/h5-9,16,18,22,25H,1-4,10-12H2,(H,23,27)(H,24,26);1H. The topological polar surface area (TPSA) is 90.5 Å². The summed E-state index contributed by atoms with van der Waals surface area (Å²) in [6, 6.07) is 7.60. The van der Waals surface area contributed by atoms with E-state index in [4.69, 9.17) is 0 Å². The molecule has 1 fully saturated rings. The maximum absolute atomic E-state index is 12.7. The molecule has 2 aromatic rings. The highest BCUT2D eigenvalue weighted by atomic mass is 35.5. The van der Waals surface area contributed by atoms with E-state index in [0.29, 0.717) is 35.8 Å². The van der Waals surface area contributed by atoms with Gasteiger partial charge in [-0.15, -0.1) is 23.7 Å². The summed E-state index contributed by atoms with van der Waals surface area (Å²) in [5.74, 6) is -0.419. The number of carbonyl (C=O) groups is 2. The Morgan fingerprint density at radius 3 is 2.66 bits per heavy atom. The van der Waals surface area contributed by atoms with E-state index in [2.05, 4.69) is 16.0 Å². The first-order chi connectivity index (χ1) is 13.6. The zero-order chi connectivity index (χ0) is 19.5. The first-order valence-electron chi connectivity index (χ1n) is 9.79. The Kier molecular flexibility index (Phi) is 7.29. The van der Waals surface area contributed by atoms with Gasteiger partial charge < -0.3 is 21.1 Å². The highest BCUT2D eigenvalue weighted by Gasteiger charge is 2.26. The van der Waals surface area contributed by atoms with Crippen LogP contribution < -0.4 is 16.0 Å². The number of benzene rings is 1. The lowest BCUT2D eigenvalue weighted by Gasteiger charge is -2.16. The number of hydrogen-bond donors (Lipinski definition) is 4. The van der Waals surface area contributed by atoms with Crippen molar-refractivity contribution >= 4 is 40.6 Å². The summed E-state index contributed by atoms with van der Waals surface area (Å²) < 4.78 is 0. The summed E-state index contributed by atoms with van der Waals surface area (Å²) in [5.41, 5.74) is 3.67. The summed E-state index contributed by atoms with van der Waals surface area (Å²) in [4.78, 5) is 25.2. The minimum atomic E-state index is -0.439. The second-order valence-corrected chi connectivity index (χ2v) is 8.42. The van der Waals surface area contributed by atoms with Gasteiger partial charge in [-0.25, -0.2) is 0 Å². The van der Waals surface area contributed by atoms with E-state index in [1.807, 2.05) is 18.2 Å². The molecule has 0 radical (unpaired) electrons. The number of β-amino-alcohol motifs (C(OH)–C–C–N with tert-alkyl or cyclic N) is 1. The Bertz CT molecular complexity index is 886. The van der Waals surface area contributed by atoms with Crippen LogP contribution in [0.4, 0.5) is 5.00 Å². The lowest BCUT2D eigenvalue weighted by Crippen LogP contribution is -2.34. The molecular formula is C21H26ClN3O3S. The molecule has 1 aromatic carbocycles. The van der Waals surface area contributed by atoms with Crippen LogP contribution in [0.5, 0.6) is 0 Å². The molecule has 1 aliphatic carbocycles. The highest BCUT2D eigenvalue weighted by Crippen LogP contribution is 2.26. The SMILES string of the molecule is Cl.O=C(Nc1sccc1C(=O)NCC1CNCC1O)c1ccc2c(c1)CCCC2. The third kappa shape index (κ3) is 4.98. The van der Waals surface area contributed by atoms with Gasteiger partial charge in [0.15, 0.2) is 0 Å². The van der Waals surface area contributed by atoms with E-state index in [1.54, 1.807) is 11.4 Å². The molecule has 0 spiro atoms. The van der Waals surface area contributed by atoms with Gasteiger partial charge in [-0.05, 0) is 60.4 Å². The maximum atomic E-state index is 12.7. The normalized spacial score (nSPS) is 20.4. The first-order valence-corrected chi connectivity index (χ1v) is 10.7. The monoisotopic (exact) mass is 435 g/mol. The largest absolute Gasteiger partial charge is 0.391 e. The zero-order valence-electron chi connectivity index (χ0n) is 16.1. The molecule has 2 heterocycles. The Hall–Kier alpha value is -1.93. The summed E-state index contributed by atoms with van der Waals surface area (Å²) in [7, 11) is 0. The molecule has 8 heteroatoms. The van der Waals surface area contributed by atoms with Gasteiger partial charge in [-0.1, -0.05) is 6.07 Å². The number of hydrogen-bond acceptors (Lipinski definition) is 5. The quantitative estimate of drug-likeness (QED) is 0.581. The molecule has 29 heavy (non-hydrogen) atoms. The summed E-state index contributed by atoms with van der Waals surface area (Å²) >= 11 is 1.33. The number of thiophene rings is 1. The maximum Gasteiger partial charge on any atom is 0.256 e. The average molecular weight is 436 g/mol. The van der Waals surface area contributed by atoms with Crippen LogP contribution in [0.2, 0.25) is 0 Å². The number of aliphatic hydroxyl groups excluding tert-OH is 1. The van der Waals surface area contributed by atoms with Gasteiger partial charge in [0.1, 0.15) is 5.00 Å². The van der Waals surface area contributed by atoms with E-state index in [1.165, 1.54) is 35.3 Å². The fourth-order valence-electron chi connectivity index (χ4n) is 3.88. The smallest absolute Gasteiger partial charge is 0.256 e. The van der Waals surface area contributed by atoms with Gasteiger partial charge in [0, 0.05) is 31.1 Å². The second-order valence-electron chi connectivity index (χ2n) is 7.50. The number of rotatable bonds is 5. The van der Waals surface area contributed by atoms with Crippen LogP contribution in [0.15, 0.2) is 29.6 Å². The fourth-order valence-corrected chi connectivity index (χ4v) is 4.66. The third-order valence-electron chi connectivity index (χ3n) is 5.58. The molecule has 4 N–H and O–H groups in total. The first kappa shape index (κ1) is 21.8. The van der Waals surface area contributed by atoms with Crippen molar-refractivity contribution in [1.82, 2.24) is 10.6 Å².